The van der Waals surface area contributed by atoms with E-state index in [-0.39, 0.29) is 0 Å². The third kappa shape index (κ3) is 8.03. The monoisotopic (exact) mass is 341 g/mol. The number of halogens is 1. The van der Waals surface area contributed by atoms with E-state index in [0.717, 1.165) is 39.1 Å². The molecule has 0 aliphatic carbocycles. The Kier molecular flexibility index (Phi) is 9.98. The van der Waals surface area contributed by atoms with Crippen molar-refractivity contribution in [1.29, 1.82) is 0 Å². The average molecular weight is 342 g/mol. The number of hydrogen-bond donors (Lipinski definition) is 1. The molecule has 0 saturated heterocycles. The summed E-state index contributed by atoms with van der Waals surface area (Å²) in [5.74, 6) is 0.691. The van der Waals surface area contributed by atoms with E-state index in [1.807, 2.05) is 0 Å². The number of hydrogen-bond acceptors (Lipinski definition) is 2. The highest BCUT2D eigenvalue weighted by Crippen LogP contribution is 2.18. The molecule has 1 unspecified atom stereocenters. The summed E-state index contributed by atoms with van der Waals surface area (Å²) in [6, 6.07) is 8.66. The van der Waals surface area contributed by atoms with Gasteiger partial charge < -0.3 is 10.1 Å². The number of benzene rings is 1. The zero-order valence-electron chi connectivity index (χ0n) is 12.8. The summed E-state index contributed by atoms with van der Waals surface area (Å²) in [4.78, 5) is 0. The average Bonchev–Trinajstić information content (AvgIpc) is 2.43. The minimum absolute atomic E-state index is 0.691. The van der Waals surface area contributed by atoms with Crippen LogP contribution in [0.5, 0.6) is 0 Å². The maximum atomic E-state index is 5.45. The summed E-state index contributed by atoms with van der Waals surface area (Å²) in [6.45, 7) is 8.20. The lowest BCUT2D eigenvalue weighted by atomic mass is 9.94. The maximum absolute atomic E-state index is 5.45. The zero-order chi connectivity index (χ0) is 14.6. The lowest BCUT2D eigenvalue weighted by Gasteiger charge is -2.18. The summed E-state index contributed by atoms with van der Waals surface area (Å²) in [5, 5.41) is 3.56. The molecular weight excluding hydrogens is 314 g/mol. The molecule has 1 aromatic carbocycles. The first-order chi connectivity index (χ1) is 9.76. The van der Waals surface area contributed by atoms with Crippen LogP contribution in [0.2, 0.25) is 0 Å². The highest BCUT2D eigenvalue weighted by Gasteiger charge is 2.09. The Hall–Kier alpha value is -0.380. The minimum Gasteiger partial charge on any atom is -0.382 e. The number of rotatable bonds is 11. The molecule has 0 aliphatic rings. The van der Waals surface area contributed by atoms with Crippen LogP contribution in [-0.4, -0.2) is 26.3 Å². The predicted molar refractivity (Wildman–Crippen MR) is 90.2 cm³/mol. The molecule has 20 heavy (non-hydrogen) atoms. The van der Waals surface area contributed by atoms with E-state index in [9.17, 15) is 0 Å². The molecule has 0 aliphatic heterocycles. The molecule has 1 N–H and O–H groups in total. The molecule has 1 aromatic rings. The Morgan fingerprint density at radius 1 is 1.30 bits per heavy atom. The van der Waals surface area contributed by atoms with Crippen LogP contribution in [0.1, 0.15) is 38.7 Å². The highest BCUT2D eigenvalue weighted by molar-refractivity contribution is 9.10. The van der Waals surface area contributed by atoms with Crippen LogP contribution in [0.4, 0.5) is 0 Å². The maximum Gasteiger partial charge on any atom is 0.0466 e. The molecular formula is C17H28BrNO. The van der Waals surface area contributed by atoms with Gasteiger partial charge in [-0.15, -0.1) is 0 Å². The van der Waals surface area contributed by atoms with Crippen molar-refractivity contribution in [3.63, 3.8) is 0 Å². The third-order valence-electron chi connectivity index (χ3n) is 3.38. The van der Waals surface area contributed by atoms with Gasteiger partial charge in [-0.05, 0) is 69.3 Å². The van der Waals surface area contributed by atoms with Crippen LogP contribution >= 0.6 is 15.9 Å². The second-order valence-corrected chi connectivity index (χ2v) is 6.16. The normalized spacial score (nSPS) is 12.6. The van der Waals surface area contributed by atoms with Gasteiger partial charge in [0, 0.05) is 17.7 Å². The van der Waals surface area contributed by atoms with Crippen molar-refractivity contribution < 1.29 is 4.74 Å². The summed E-state index contributed by atoms with van der Waals surface area (Å²) in [5.41, 5.74) is 1.42. The molecule has 0 amide bonds. The van der Waals surface area contributed by atoms with Crippen molar-refractivity contribution in [2.24, 2.45) is 5.92 Å². The minimum atomic E-state index is 0.691. The van der Waals surface area contributed by atoms with E-state index in [1.54, 1.807) is 0 Å². The predicted octanol–water partition coefficient (Wildman–Crippen LogP) is 4.42. The van der Waals surface area contributed by atoms with E-state index in [0.29, 0.717) is 5.92 Å². The van der Waals surface area contributed by atoms with Gasteiger partial charge in [0.1, 0.15) is 0 Å². The van der Waals surface area contributed by atoms with Crippen LogP contribution in [0, 0.1) is 5.92 Å². The van der Waals surface area contributed by atoms with Crippen LogP contribution < -0.4 is 5.32 Å². The molecule has 0 radical (unpaired) electrons. The first-order valence-corrected chi connectivity index (χ1v) is 8.58. The van der Waals surface area contributed by atoms with E-state index in [2.05, 4.69) is 59.4 Å². The molecule has 0 fully saturated rings. The van der Waals surface area contributed by atoms with Gasteiger partial charge in [0.2, 0.25) is 0 Å². The quantitative estimate of drug-likeness (QED) is 0.601. The van der Waals surface area contributed by atoms with E-state index in [4.69, 9.17) is 4.74 Å². The lowest BCUT2D eigenvalue weighted by molar-refractivity contribution is 0.139. The molecule has 3 heteroatoms. The van der Waals surface area contributed by atoms with Gasteiger partial charge in [-0.1, -0.05) is 35.0 Å². The van der Waals surface area contributed by atoms with Crippen molar-refractivity contribution in [3.05, 3.63) is 34.3 Å². The van der Waals surface area contributed by atoms with Gasteiger partial charge in [0.05, 0.1) is 0 Å². The largest absolute Gasteiger partial charge is 0.382 e. The fraction of sp³-hybridized carbons (Fsp3) is 0.647. The van der Waals surface area contributed by atoms with Crippen LogP contribution in [0.25, 0.3) is 0 Å². The lowest BCUT2D eigenvalue weighted by Crippen LogP contribution is -2.25. The molecule has 1 atom stereocenters. The van der Waals surface area contributed by atoms with Crippen molar-refractivity contribution in [1.82, 2.24) is 5.32 Å². The van der Waals surface area contributed by atoms with Crippen molar-refractivity contribution in [2.45, 2.75) is 39.5 Å². The SMILES string of the molecule is CCCNCC(CCCOCC)Cc1cccc(Br)c1. The van der Waals surface area contributed by atoms with E-state index < -0.39 is 0 Å². The summed E-state index contributed by atoms with van der Waals surface area (Å²) in [6.07, 6.45) is 4.72. The van der Waals surface area contributed by atoms with Gasteiger partial charge in [0.25, 0.3) is 0 Å². The van der Waals surface area contributed by atoms with E-state index in [1.165, 1.54) is 22.9 Å². The number of nitrogens with one attached hydrogen (secondary N) is 1. The number of ether oxygens (including phenoxy) is 1. The van der Waals surface area contributed by atoms with E-state index >= 15 is 0 Å². The van der Waals surface area contributed by atoms with Crippen molar-refractivity contribution in [3.8, 4) is 0 Å². The Morgan fingerprint density at radius 2 is 2.15 bits per heavy atom. The van der Waals surface area contributed by atoms with Crippen LogP contribution in [0.3, 0.4) is 0 Å². The fourth-order valence-corrected chi connectivity index (χ4v) is 2.82. The summed E-state index contributed by atoms with van der Waals surface area (Å²) >= 11 is 3.55. The third-order valence-corrected chi connectivity index (χ3v) is 3.87. The van der Waals surface area contributed by atoms with Gasteiger partial charge in [0.15, 0.2) is 0 Å². The second kappa shape index (κ2) is 11.3. The molecule has 114 valence electrons. The highest BCUT2D eigenvalue weighted by atomic mass is 79.9. The van der Waals surface area contributed by atoms with Gasteiger partial charge in [-0.3, -0.25) is 0 Å². The van der Waals surface area contributed by atoms with Gasteiger partial charge >= 0.3 is 0 Å². The first-order valence-electron chi connectivity index (χ1n) is 7.79. The zero-order valence-corrected chi connectivity index (χ0v) is 14.4. The fourth-order valence-electron chi connectivity index (χ4n) is 2.37. The Bertz CT molecular complexity index is 357. The molecule has 2 nitrogen and oxygen atoms in total. The van der Waals surface area contributed by atoms with Crippen molar-refractivity contribution in [2.75, 3.05) is 26.3 Å². The molecule has 0 aromatic heterocycles. The van der Waals surface area contributed by atoms with Crippen molar-refractivity contribution >= 4 is 15.9 Å². The Morgan fingerprint density at radius 3 is 2.85 bits per heavy atom. The molecule has 0 spiro atoms. The summed E-state index contributed by atoms with van der Waals surface area (Å²) in [7, 11) is 0. The molecule has 0 heterocycles. The molecule has 0 bridgehead atoms. The second-order valence-electron chi connectivity index (χ2n) is 5.24. The topological polar surface area (TPSA) is 21.3 Å². The smallest absolute Gasteiger partial charge is 0.0466 e. The van der Waals surface area contributed by atoms with Crippen LogP contribution in [0.15, 0.2) is 28.7 Å². The Labute approximate surface area is 132 Å². The van der Waals surface area contributed by atoms with Crippen LogP contribution in [-0.2, 0) is 11.2 Å². The van der Waals surface area contributed by atoms with Gasteiger partial charge in [-0.2, -0.15) is 0 Å². The standard InChI is InChI=1S/C17H28BrNO/c1-3-10-19-14-16(8-6-11-20-4-2)12-15-7-5-9-17(18)13-15/h5,7,9,13,16,19H,3-4,6,8,10-12,14H2,1-2H3. The summed E-state index contributed by atoms with van der Waals surface area (Å²) < 4.78 is 6.62. The Balaban J connectivity index is 2.43. The van der Waals surface area contributed by atoms with Gasteiger partial charge in [-0.25, -0.2) is 0 Å². The molecule has 1 rings (SSSR count). The molecule has 0 saturated carbocycles. The first kappa shape index (κ1) is 17.7.